The molecule has 0 heterocycles. The van der Waals surface area contributed by atoms with Crippen LogP contribution in [0.3, 0.4) is 0 Å². The van der Waals surface area contributed by atoms with Crippen LogP contribution in [0.5, 0.6) is 0 Å². The molecule has 1 rings (SSSR count). The summed E-state index contributed by atoms with van der Waals surface area (Å²) in [6.07, 6.45) is 2.60. The molecule has 0 atom stereocenters. The van der Waals surface area contributed by atoms with Crippen molar-refractivity contribution < 1.29 is 9.23 Å². The molecular formula is C12H23FN4O. The standard InChI is InChI=1S/C12H23FN4O/c1-9(2)17(12(15)11-4-5-11)16(3)18-8-10(6-13)7-14/h6,9,11,15H,4-5,7-8,14H2,1-3H3/b10-6+,15-12?. The fourth-order valence-corrected chi connectivity index (χ4v) is 1.67. The van der Waals surface area contributed by atoms with Crippen molar-refractivity contribution >= 4 is 5.84 Å². The summed E-state index contributed by atoms with van der Waals surface area (Å²) >= 11 is 0. The second kappa shape index (κ2) is 6.82. The molecule has 0 aromatic rings. The largest absolute Gasteiger partial charge is 0.327 e. The van der Waals surface area contributed by atoms with Crippen LogP contribution >= 0.6 is 0 Å². The molecule has 1 aliphatic rings. The fourth-order valence-electron chi connectivity index (χ4n) is 1.67. The van der Waals surface area contributed by atoms with E-state index >= 15 is 0 Å². The molecule has 1 aliphatic carbocycles. The second-order valence-corrected chi connectivity index (χ2v) is 4.81. The van der Waals surface area contributed by atoms with Crippen LogP contribution in [0, 0.1) is 11.3 Å². The number of halogens is 1. The Hall–Kier alpha value is -0.980. The number of hydrogen-bond donors (Lipinski definition) is 2. The zero-order valence-corrected chi connectivity index (χ0v) is 11.3. The first-order valence-corrected chi connectivity index (χ1v) is 6.23. The van der Waals surface area contributed by atoms with E-state index in [-0.39, 0.29) is 19.2 Å². The molecular weight excluding hydrogens is 235 g/mol. The van der Waals surface area contributed by atoms with Gasteiger partial charge < -0.3 is 5.73 Å². The van der Waals surface area contributed by atoms with Crippen molar-refractivity contribution in [3.05, 3.63) is 11.9 Å². The number of hydrogen-bond acceptors (Lipinski definition) is 4. The van der Waals surface area contributed by atoms with Gasteiger partial charge in [0, 0.05) is 25.6 Å². The molecule has 18 heavy (non-hydrogen) atoms. The number of hydrazine groups is 1. The van der Waals surface area contributed by atoms with Crippen molar-refractivity contribution in [1.29, 1.82) is 5.41 Å². The van der Waals surface area contributed by atoms with Crippen molar-refractivity contribution in [2.24, 2.45) is 11.7 Å². The maximum Gasteiger partial charge on any atom is 0.116 e. The summed E-state index contributed by atoms with van der Waals surface area (Å²) in [5.41, 5.74) is 5.75. The average molecular weight is 258 g/mol. The number of rotatable bonds is 7. The van der Waals surface area contributed by atoms with E-state index in [0.29, 0.717) is 23.7 Å². The van der Waals surface area contributed by atoms with E-state index in [1.54, 1.807) is 12.1 Å². The van der Waals surface area contributed by atoms with Crippen molar-refractivity contribution in [2.45, 2.75) is 32.7 Å². The van der Waals surface area contributed by atoms with Gasteiger partial charge >= 0.3 is 0 Å². The topological polar surface area (TPSA) is 65.6 Å². The maximum absolute atomic E-state index is 12.4. The Morgan fingerprint density at radius 2 is 2.17 bits per heavy atom. The first-order chi connectivity index (χ1) is 8.51. The van der Waals surface area contributed by atoms with E-state index in [9.17, 15) is 4.39 Å². The van der Waals surface area contributed by atoms with Gasteiger partial charge in [0.1, 0.15) is 5.84 Å². The smallest absolute Gasteiger partial charge is 0.116 e. The Morgan fingerprint density at radius 1 is 1.56 bits per heavy atom. The Morgan fingerprint density at radius 3 is 2.56 bits per heavy atom. The van der Waals surface area contributed by atoms with Crippen LogP contribution in [0.4, 0.5) is 4.39 Å². The van der Waals surface area contributed by atoms with Gasteiger partial charge in [0.15, 0.2) is 0 Å². The number of nitrogens with zero attached hydrogens (tertiary/aromatic N) is 2. The molecule has 3 N–H and O–H groups in total. The average Bonchev–Trinajstić information content (AvgIpc) is 3.13. The van der Waals surface area contributed by atoms with Crippen LogP contribution in [0.2, 0.25) is 0 Å². The Labute approximate surface area is 108 Å². The quantitative estimate of drug-likeness (QED) is 0.414. The number of amidine groups is 1. The number of nitrogens with two attached hydrogens (primary N) is 1. The second-order valence-electron chi connectivity index (χ2n) is 4.81. The van der Waals surface area contributed by atoms with Gasteiger partial charge in [-0.3, -0.25) is 15.3 Å². The summed E-state index contributed by atoms with van der Waals surface area (Å²) in [6.45, 7) is 4.22. The van der Waals surface area contributed by atoms with E-state index in [1.807, 2.05) is 13.8 Å². The molecule has 0 saturated heterocycles. The third kappa shape index (κ3) is 4.04. The van der Waals surface area contributed by atoms with E-state index in [0.717, 1.165) is 12.8 Å². The van der Waals surface area contributed by atoms with Crippen molar-refractivity contribution in [3.63, 3.8) is 0 Å². The summed E-state index contributed by atoms with van der Waals surface area (Å²) < 4.78 is 12.4. The first-order valence-electron chi connectivity index (χ1n) is 6.23. The Kier molecular flexibility index (Phi) is 5.71. The van der Waals surface area contributed by atoms with Crippen LogP contribution < -0.4 is 5.73 Å². The van der Waals surface area contributed by atoms with Gasteiger partial charge in [-0.1, -0.05) is 0 Å². The highest BCUT2D eigenvalue weighted by molar-refractivity contribution is 5.83. The lowest BCUT2D eigenvalue weighted by Gasteiger charge is -2.36. The summed E-state index contributed by atoms with van der Waals surface area (Å²) in [6, 6.07) is 0.124. The van der Waals surface area contributed by atoms with Crippen LogP contribution in [-0.4, -0.2) is 42.3 Å². The van der Waals surface area contributed by atoms with Crippen LogP contribution in [-0.2, 0) is 4.84 Å². The number of nitrogens with one attached hydrogen (secondary N) is 1. The minimum Gasteiger partial charge on any atom is -0.327 e. The van der Waals surface area contributed by atoms with E-state index in [2.05, 4.69) is 0 Å². The zero-order valence-electron chi connectivity index (χ0n) is 11.3. The minimum atomic E-state index is 0.102. The first kappa shape index (κ1) is 15.1. The van der Waals surface area contributed by atoms with Crippen LogP contribution in [0.1, 0.15) is 26.7 Å². The van der Waals surface area contributed by atoms with Gasteiger partial charge in [0.2, 0.25) is 0 Å². The fraction of sp³-hybridized carbons (Fsp3) is 0.750. The number of hydroxylamine groups is 1. The lowest BCUT2D eigenvalue weighted by atomic mass is 10.3. The molecule has 0 aromatic carbocycles. The zero-order chi connectivity index (χ0) is 13.7. The highest BCUT2D eigenvalue weighted by Gasteiger charge is 2.33. The Balaban J connectivity index is 2.54. The van der Waals surface area contributed by atoms with Gasteiger partial charge in [-0.25, -0.2) is 4.39 Å². The van der Waals surface area contributed by atoms with Crippen molar-refractivity contribution in [1.82, 2.24) is 10.2 Å². The molecule has 5 nitrogen and oxygen atoms in total. The van der Waals surface area contributed by atoms with Gasteiger partial charge in [-0.2, -0.15) is 0 Å². The molecule has 1 fully saturated rings. The molecule has 0 spiro atoms. The molecule has 0 unspecified atom stereocenters. The molecule has 104 valence electrons. The summed E-state index contributed by atoms with van der Waals surface area (Å²) in [5.74, 6) is 0.898. The Bertz CT molecular complexity index is 315. The molecule has 0 aromatic heterocycles. The molecule has 6 heteroatoms. The van der Waals surface area contributed by atoms with Gasteiger partial charge in [-0.15, -0.1) is 5.17 Å². The predicted molar refractivity (Wildman–Crippen MR) is 69.4 cm³/mol. The monoisotopic (exact) mass is 258 g/mol. The van der Waals surface area contributed by atoms with E-state index < -0.39 is 0 Å². The molecule has 0 amide bonds. The van der Waals surface area contributed by atoms with Crippen molar-refractivity contribution in [2.75, 3.05) is 20.2 Å². The summed E-state index contributed by atoms with van der Waals surface area (Å²) in [7, 11) is 1.73. The highest BCUT2D eigenvalue weighted by Crippen LogP contribution is 2.32. The normalized spacial score (nSPS) is 16.5. The predicted octanol–water partition coefficient (Wildman–Crippen LogP) is 1.67. The highest BCUT2D eigenvalue weighted by atomic mass is 19.1. The molecule has 1 saturated carbocycles. The molecule has 0 aliphatic heterocycles. The van der Waals surface area contributed by atoms with Gasteiger partial charge in [0.05, 0.1) is 12.9 Å². The van der Waals surface area contributed by atoms with Crippen LogP contribution in [0.25, 0.3) is 0 Å². The lowest BCUT2D eigenvalue weighted by molar-refractivity contribution is -0.243. The van der Waals surface area contributed by atoms with Crippen LogP contribution in [0.15, 0.2) is 11.9 Å². The third-order valence-corrected chi connectivity index (χ3v) is 2.86. The van der Waals surface area contributed by atoms with Crippen molar-refractivity contribution in [3.8, 4) is 0 Å². The molecule has 0 radical (unpaired) electrons. The maximum atomic E-state index is 12.4. The molecule has 0 bridgehead atoms. The summed E-state index contributed by atoms with van der Waals surface area (Å²) in [4.78, 5) is 5.44. The minimum absolute atomic E-state index is 0.102. The SMILES string of the molecule is CC(C)N(C(=N)C1CC1)N(C)OC/C(=C/F)CN. The lowest BCUT2D eigenvalue weighted by Crippen LogP contribution is -2.49. The third-order valence-electron chi connectivity index (χ3n) is 2.86. The van der Waals surface area contributed by atoms with E-state index in [1.165, 1.54) is 5.17 Å². The van der Waals surface area contributed by atoms with Gasteiger partial charge in [0.25, 0.3) is 0 Å². The summed E-state index contributed by atoms with van der Waals surface area (Å²) in [5, 5.41) is 11.4. The van der Waals surface area contributed by atoms with Gasteiger partial charge in [-0.05, 0) is 32.3 Å². The van der Waals surface area contributed by atoms with E-state index in [4.69, 9.17) is 16.0 Å².